The molecule has 0 bridgehead atoms. The maximum Gasteiger partial charge on any atom is 0.226 e. The van der Waals surface area contributed by atoms with E-state index in [-0.39, 0.29) is 0 Å². The summed E-state index contributed by atoms with van der Waals surface area (Å²) in [5.74, 6) is 1.35. The van der Waals surface area contributed by atoms with E-state index in [2.05, 4.69) is 15.3 Å². The van der Waals surface area contributed by atoms with Crippen LogP contribution in [0.15, 0.2) is 12.3 Å². The number of hydrogen-bond acceptors (Lipinski definition) is 4. The molecule has 1 heterocycles. The Labute approximate surface area is 103 Å². The molecule has 17 heavy (non-hydrogen) atoms. The van der Waals surface area contributed by atoms with Gasteiger partial charge < -0.3 is 10.1 Å². The van der Waals surface area contributed by atoms with Crippen LogP contribution < -0.4 is 10.1 Å². The molecule has 0 saturated heterocycles. The molecule has 2 rings (SSSR count). The lowest BCUT2D eigenvalue weighted by Gasteiger charge is -2.16. The van der Waals surface area contributed by atoms with Crippen molar-refractivity contribution in [1.82, 2.24) is 9.97 Å². The van der Waals surface area contributed by atoms with Crippen molar-refractivity contribution in [2.24, 2.45) is 0 Å². The van der Waals surface area contributed by atoms with Gasteiger partial charge in [0.25, 0.3) is 0 Å². The molecule has 1 aliphatic carbocycles. The number of hydrogen-bond donors (Lipinski definition) is 1. The molecule has 4 heteroatoms. The fourth-order valence-electron chi connectivity index (χ4n) is 2.25. The molecule has 1 saturated carbocycles. The van der Waals surface area contributed by atoms with E-state index in [0.717, 1.165) is 0 Å². The number of nitrogens with one attached hydrogen (secondary N) is 1. The summed E-state index contributed by atoms with van der Waals surface area (Å²) in [6, 6.07) is 2.32. The van der Waals surface area contributed by atoms with Crippen LogP contribution >= 0.6 is 0 Å². The summed E-state index contributed by atoms with van der Waals surface area (Å²) >= 11 is 0. The van der Waals surface area contributed by atoms with Crippen LogP contribution in [0.25, 0.3) is 0 Å². The van der Waals surface area contributed by atoms with E-state index in [9.17, 15) is 0 Å². The van der Waals surface area contributed by atoms with E-state index >= 15 is 0 Å². The Kier molecular flexibility index (Phi) is 4.59. The van der Waals surface area contributed by atoms with E-state index < -0.39 is 0 Å². The zero-order chi connectivity index (χ0) is 11.9. The second-order valence-corrected chi connectivity index (χ2v) is 4.48. The molecule has 0 radical (unpaired) electrons. The molecule has 94 valence electrons. The van der Waals surface area contributed by atoms with Crippen LogP contribution in [-0.4, -0.2) is 22.6 Å². The minimum absolute atomic E-state index is 0.523. The molecule has 0 spiro atoms. The third kappa shape index (κ3) is 3.88. The quantitative estimate of drug-likeness (QED) is 0.815. The van der Waals surface area contributed by atoms with Crippen molar-refractivity contribution in [2.75, 3.05) is 11.9 Å². The Morgan fingerprint density at radius 2 is 2.06 bits per heavy atom. The van der Waals surface area contributed by atoms with Crippen LogP contribution in [0.4, 0.5) is 5.95 Å². The van der Waals surface area contributed by atoms with Crippen LogP contribution in [0.2, 0.25) is 0 Å². The van der Waals surface area contributed by atoms with Crippen LogP contribution in [0.1, 0.15) is 45.4 Å². The van der Waals surface area contributed by atoms with Gasteiger partial charge in [0.15, 0.2) is 0 Å². The van der Waals surface area contributed by atoms with Crippen LogP contribution in [0.5, 0.6) is 5.88 Å². The van der Waals surface area contributed by atoms with Crippen molar-refractivity contribution in [2.45, 2.75) is 51.5 Å². The van der Waals surface area contributed by atoms with Crippen molar-refractivity contribution < 1.29 is 4.74 Å². The van der Waals surface area contributed by atoms with Gasteiger partial charge in [0.2, 0.25) is 11.8 Å². The highest BCUT2D eigenvalue weighted by atomic mass is 16.5. The number of aromatic nitrogens is 2. The van der Waals surface area contributed by atoms with Gasteiger partial charge in [-0.3, -0.25) is 0 Å². The van der Waals surface area contributed by atoms with E-state index in [0.29, 0.717) is 24.5 Å². The van der Waals surface area contributed by atoms with E-state index in [4.69, 9.17) is 4.74 Å². The average molecular weight is 235 g/mol. The molecule has 1 aromatic heterocycles. The summed E-state index contributed by atoms with van der Waals surface area (Å²) in [6.07, 6.45) is 9.53. The summed E-state index contributed by atoms with van der Waals surface area (Å²) in [7, 11) is 0. The Hall–Kier alpha value is -1.32. The van der Waals surface area contributed by atoms with Crippen molar-refractivity contribution in [1.29, 1.82) is 0 Å². The maximum atomic E-state index is 5.37. The Bertz CT molecular complexity index is 335. The molecule has 1 aromatic rings. The van der Waals surface area contributed by atoms with Gasteiger partial charge in [-0.2, -0.15) is 4.98 Å². The highest BCUT2D eigenvalue weighted by Crippen LogP contribution is 2.20. The fourth-order valence-corrected chi connectivity index (χ4v) is 2.25. The van der Waals surface area contributed by atoms with Crippen molar-refractivity contribution in [3.05, 3.63) is 12.3 Å². The summed E-state index contributed by atoms with van der Waals surface area (Å²) in [4.78, 5) is 8.59. The standard InChI is InChI=1S/C13H21N3O/c1-2-17-12-9-10-14-13(16-12)15-11-7-5-3-4-6-8-11/h9-11H,2-8H2,1H3,(H,14,15,16). The van der Waals surface area contributed by atoms with Gasteiger partial charge in [-0.15, -0.1) is 0 Å². The van der Waals surface area contributed by atoms with Crippen LogP contribution in [-0.2, 0) is 0 Å². The second-order valence-electron chi connectivity index (χ2n) is 4.48. The number of ether oxygens (including phenoxy) is 1. The average Bonchev–Trinajstić information content (AvgIpc) is 2.59. The molecule has 0 aromatic carbocycles. The summed E-state index contributed by atoms with van der Waals surface area (Å²) in [6.45, 7) is 2.60. The predicted molar refractivity (Wildman–Crippen MR) is 68.3 cm³/mol. The molecule has 4 nitrogen and oxygen atoms in total. The summed E-state index contributed by atoms with van der Waals surface area (Å²) in [5, 5.41) is 3.42. The molecule has 1 N–H and O–H groups in total. The van der Waals surface area contributed by atoms with Crippen molar-refractivity contribution >= 4 is 5.95 Å². The van der Waals surface area contributed by atoms with Crippen molar-refractivity contribution in [3.63, 3.8) is 0 Å². The topological polar surface area (TPSA) is 47.0 Å². The number of nitrogens with zero attached hydrogens (tertiary/aromatic N) is 2. The van der Waals surface area contributed by atoms with E-state index in [1.54, 1.807) is 12.3 Å². The van der Waals surface area contributed by atoms with Crippen LogP contribution in [0.3, 0.4) is 0 Å². The maximum absolute atomic E-state index is 5.37. The monoisotopic (exact) mass is 235 g/mol. The van der Waals surface area contributed by atoms with Gasteiger partial charge in [-0.05, 0) is 19.8 Å². The number of anilines is 1. The fraction of sp³-hybridized carbons (Fsp3) is 0.692. The van der Waals surface area contributed by atoms with Crippen molar-refractivity contribution in [3.8, 4) is 5.88 Å². The molecule has 0 aliphatic heterocycles. The highest BCUT2D eigenvalue weighted by molar-refractivity contribution is 5.28. The summed E-state index contributed by atoms with van der Waals surface area (Å²) < 4.78 is 5.37. The molecule has 0 atom stereocenters. The molecular formula is C13H21N3O. The van der Waals surface area contributed by atoms with Gasteiger partial charge >= 0.3 is 0 Å². The van der Waals surface area contributed by atoms with E-state index in [1.807, 2.05) is 6.92 Å². The molecule has 1 aliphatic rings. The largest absolute Gasteiger partial charge is 0.478 e. The molecular weight excluding hydrogens is 214 g/mol. The molecule has 0 unspecified atom stereocenters. The first-order valence-corrected chi connectivity index (χ1v) is 6.61. The van der Waals surface area contributed by atoms with Crippen LogP contribution in [0, 0.1) is 0 Å². The minimum atomic E-state index is 0.523. The molecule has 0 amide bonds. The van der Waals surface area contributed by atoms with Gasteiger partial charge in [0.05, 0.1) is 6.61 Å². The first kappa shape index (κ1) is 12.1. The highest BCUT2D eigenvalue weighted by Gasteiger charge is 2.13. The first-order valence-electron chi connectivity index (χ1n) is 6.61. The predicted octanol–water partition coefficient (Wildman–Crippen LogP) is 3.01. The van der Waals surface area contributed by atoms with Gasteiger partial charge in [0.1, 0.15) is 0 Å². The zero-order valence-corrected chi connectivity index (χ0v) is 10.5. The smallest absolute Gasteiger partial charge is 0.226 e. The SMILES string of the molecule is CCOc1ccnc(NC2CCCCCC2)n1. The number of rotatable bonds is 4. The van der Waals surface area contributed by atoms with Gasteiger partial charge in [-0.1, -0.05) is 25.7 Å². The zero-order valence-electron chi connectivity index (χ0n) is 10.5. The minimum Gasteiger partial charge on any atom is -0.478 e. The van der Waals surface area contributed by atoms with Gasteiger partial charge in [0, 0.05) is 18.3 Å². The Balaban J connectivity index is 1.94. The Morgan fingerprint density at radius 3 is 2.76 bits per heavy atom. The lowest BCUT2D eigenvalue weighted by atomic mass is 10.1. The third-order valence-electron chi connectivity index (χ3n) is 3.11. The Morgan fingerprint density at radius 1 is 1.29 bits per heavy atom. The third-order valence-corrected chi connectivity index (χ3v) is 3.11. The first-order chi connectivity index (χ1) is 8.38. The summed E-state index contributed by atoms with van der Waals surface area (Å²) in [5.41, 5.74) is 0. The normalized spacial score (nSPS) is 17.5. The lowest BCUT2D eigenvalue weighted by Crippen LogP contribution is -2.20. The van der Waals surface area contributed by atoms with Gasteiger partial charge in [-0.25, -0.2) is 4.98 Å². The second kappa shape index (κ2) is 6.42. The lowest BCUT2D eigenvalue weighted by molar-refractivity contribution is 0.326. The van der Waals surface area contributed by atoms with E-state index in [1.165, 1.54) is 38.5 Å². The molecule has 1 fully saturated rings.